The number of methoxy groups -OCH3 is 2. The van der Waals surface area contributed by atoms with Crippen molar-refractivity contribution in [1.82, 2.24) is 9.47 Å². The second-order valence-corrected chi connectivity index (χ2v) is 10.1. The smallest absolute Gasteiger partial charge is 0.242 e. The van der Waals surface area contributed by atoms with E-state index in [1.807, 2.05) is 30.3 Å². The van der Waals surface area contributed by atoms with Crippen molar-refractivity contribution in [2.75, 3.05) is 32.7 Å². The van der Waals surface area contributed by atoms with Gasteiger partial charge < -0.3 is 19.4 Å². The van der Waals surface area contributed by atoms with Crippen LogP contribution < -0.4 is 10.1 Å². The van der Waals surface area contributed by atoms with Crippen molar-refractivity contribution in [3.05, 3.63) is 66.7 Å². The van der Waals surface area contributed by atoms with Gasteiger partial charge >= 0.3 is 0 Å². The first kappa shape index (κ1) is 25.8. The van der Waals surface area contributed by atoms with Crippen molar-refractivity contribution in [2.45, 2.75) is 25.1 Å². The molecule has 0 saturated carbocycles. The molecule has 1 fully saturated rings. The molecule has 1 N–H and O–H groups in total. The van der Waals surface area contributed by atoms with Crippen molar-refractivity contribution >= 4 is 61.9 Å². The number of aliphatic imine (C=N–C) groups is 1. The van der Waals surface area contributed by atoms with Crippen LogP contribution in [0.15, 0.2) is 71.7 Å². The number of aromatic nitrogens is 1. The van der Waals surface area contributed by atoms with Crippen LogP contribution in [0, 0.1) is 0 Å². The number of aryl methyl sites for hydroxylation is 1. The third-order valence-electron chi connectivity index (χ3n) is 6.59. The number of thioether (sulfide) groups is 1. The molecule has 0 bridgehead atoms. The van der Waals surface area contributed by atoms with Gasteiger partial charge in [-0.2, -0.15) is 0 Å². The van der Waals surface area contributed by atoms with E-state index in [1.165, 1.54) is 22.7 Å². The molecule has 9 heteroatoms. The summed E-state index contributed by atoms with van der Waals surface area (Å²) < 4.78 is 12.8. The summed E-state index contributed by atoms with van der Waals surface area (Å²) in [5.74, 6) is 0.154. The molecule has 5 rings (SSSR count). The number of nitrogens with zero attached hydrogens (tertiary/aromatic N) is 3. The molecule has 1 aliphatic heterocycles. The standard InChI is InChI=1S/C29H30N4O4S/c1-4-32-23-11-7-5-9-20(23)21-17-19(13-14-24(21)32)30-29-33(15-16-36-2)28(35)26(38-29)18-27(34)31-22-10-6-8-12-25(22)37-3/h5-14,17,26H,4,15-16,18H2,1-3H3,(H,31,34)/t26-/m1/s1. The summed E-state index contributed by atoms with van der Waals surface area (Å²) in [6, 6.07) is 21.7. The number of rotatable bonds is 9. The monoisotopic (exact) mass is 530 g/mol. The van der Waals surface area contributed by atoms with Crippen LogP contribution in [0.2, 0.25) is 0 Å². The molecule has 1 saturated heterocycles. The summed E-state index contributed by atoms with van der Waals surface area (Å²) in [6.45, 7) is 3.74. The van der Waals surface area contributed by atoms with Crippen LogP contribution in [-0.2, 0) is 20.9 Å². The number of carbonyl (C=O) groups is 2. The van der Waals surface area contributed by atoms with Gasteiger partial charge in [-0.15, -0.1) is 0 Å². The van der Waals surface area contributed by atoms with Crippen molar-refractivity contribution < 1.29 is 19.1 Å². The number of para-hydroxylation sites is 3. The highest BCUT2D eigenvalue weighted by atomic mass is 32.2. The minimum atomic E-state index is -0.578. The molecule has 2 heterocycles. The summed E-state index contributed by atoms with van der Waals surface area (Å²) >= 11 is 1.31. The lowest BCUT2D eigenvalue weighted by Gasteiger charge is -2.16. The molecule has 1 atom stereocenters. The van der Waals surface area contributed by atoms with Crippen LogP contribution in [0.1, 0.15) is 13.3 Å². The quantitative estimate of drug-likeness (QED) is 0.312. The lowest BCUT2D eigenvalue weighted by atomic mass is 10.1. The fourth-order valence-corrected chi connectivity index (χ4v) is 5.98. The molecular formula is C29H30N4O4S. The SMILES string of the molecule is CCn1c2ccccc2c2cc(N=C3S[C@H](CC(=O)Nc4ccccc4OC)C(=O)N3CCOC)ccc21. The number of hydrogen-bond donors (Lipinski definition) is 1. The predicted molar refractivity (Wildman–Crippen MR) is 153 cm³/mol. The first-order chi connectivity index (χ1) is 18.5. The molecule has 3 aromatic carbocycles. The van der Waals surface area contributed by atoms with Gasteiger partial charge in [0.15, 0.2) is 5.17 Å². The highest BCUT2D eigenvalue weighted by Gasteiger charge is 2.39. The lowest BCUT2D eigenvalue weighted by Crippen LogP contribution is -2.35. The van der Waals surface area contributed by atoms with Gasteiger partial charge in [-0.1, -0.05) is 42.1 Å². The third-order valence-corrected chi connectivity index (χ3v) is 7.76. The zero-order valence-electron chi connectivity index (χ0n) is 21.6. The molecule has 1 aliphatic rings. The van der Waals surface area contributed by atoms with Crippen molar-refractivity contribution in [2.24, 2.45) is 4.99 Å². The Balaban J connectivity index is 1.42. The second-order valence-electron chi connectivity index (χ2n) is 8.90. The van der Waals surface area contributed by atoms with E-state index in [0.717, 1.165) is 23.1 Å². The van der Waals surface area contributed by atoms with Crippen molar-refractivity contribution in [1.29, 1.82) is 0 Å². The van der Waals surface area contributed by atoms with E-state index in [0.29, 0.717) is 29.8 Å². The van der Waals surface area contributed by atoms with E-state index >= 15 is 0 Å². The summed E-state index contributed by atoms with van der Waals surface area (Å²) in [4.78, 5) is 32.7. The Labute approximate surface area is 225 Å². The van der Waals surface area contributed by atoms with Gasteiger partial charge in [0.2, 0.25) is 11.8 Å². The predicted octanol–water partition coefficient (Wildman–Crippen LogP) is 5.43. The maximum absolute atomic E-state index is 13.3. The van der Waals surface area contributed by atoms with Crippen LogP contribution in [0.3, 0.4) is 0 Å². The highest BCUT2D eigenvalue weighted by molar-refractivity contribution is 8.15. The molecule has 0 spiro atoms. The van der Waals surface area contributed by atoms with Gasteiger partial charge in [0.05, 0.1) is 31.6 Å². The van der Waals surface area contributed by atoms with E-state index in [4.69, 9.17) is 14.5 Å². The normalized spacial score (nSPS) is 16.6. The second kappa shape index (κ2) is 11.3. The van der Waals surface area contributed by atoms with Crippen LogP contribution in [-0.4, -0.2) is 59.1 Å². The molecule has 196 valence electrons. The minimum Gasteiger partial charge on any atom is -0.495 e. The van der Waals surface area contributed by atoms with Crippen molar-refractivity contribution in [3.63, 3.8) is 0 Å². The summed E-state index contributed by atoms with van der Waals surface area (Å²) in [5, 5.41) is 5.14. The number of nitrogens with one attached hydrogen (secondary N) is 1. The third kappa shape index (κ3) is 4.99. The average molecular weight is 531 g/mol. The van der Waals surface area contributed by atoms with Gasteiger partial charge in [-0.25, -0.2) is 4.99 Å². The Hall–Kier alpha value is -3.82. The fraction of sp³-hybridized carbons (Fsp3) is 0.276. The molecule has 0 aliphatic carbocycles. The Kier molecular flexibility index (Phi) is 7.67. The Morgan fingerprint density at radius 1 is 1.03 bits per heavy atom. The molecule has 38 heavy (non-hydrogen) atoms. The number of hydrogen-bond acceptors (Lipinski definition) is 6. The number of ether oxygens (including phenoxy) is 2. The first-order valence-corrected chi connectivity index (χ1v) is 13.4. The number of amides is 2. The van der Waals surface area contributed by atoms with Crippen LogP contribution in [0.5, 0.6) is 5.75 Å². The Bertz CT molecular complexity index is 1530. The zero-order valence-corrected chi connectivity index (χ0v) is 22.5. The van der Waals surface area contributed by atoms with Gasteiger partial charge in [-0.05, 0) is 43.3 Å². The Morgan fingerprint density at radius 2 is 1.79 bits per heavy atom. The summed E-state index contributed by atoms with van der Waals surface area (Å²) in [6.07, 6.45) is 0.0209. The fourth-order valence-electron chi connectivity index (χ4n) is 4.79. The number of benzene rings is 3. The van der Waals surface area contributed by atoms with E-state index in [9.17, 15) is 9.59 Å². The number of fused-ring (bicyclic) bond motifs is 3. The maximum atomic E-state index is 13.3. The van der Waals surface area contributed by atoms with E-state index < -0.39 is 5.25 Å². The molecule has 0 unspecified atom stereocenters. The molecule has 1 aromatic heterocycles. The van der Waals surface area contributed by atoms with Gasteiger partial charge in [0, 0.05) is 41.9 Å². The lowest BCUT2D eigenvalue weighted by molar-refractivity contribution is -0.128. The van der Waals surface area contributed by atoms with Gasteiger partial charge in [0.1, 0.15) is 11.0 Å². The van der Waals surface area contributed by atoms with Crippen LogP contribution in [0.4, 0.5) is 11.4 Å². The molecule has 2 amide bonds. The molecule has 0 radical (unpaired) electrons. The average Bonchev–Trinajstić information content (AvgIpc) is 3.40. The largest absolute Gasteiger partial charge is 0.495 e. The number of amidine groups is 1. The first-order valence-electron chi connectivity index (χ1n) is 12.5. The molecular weight excluding hydrogens is 500 g/mol. The zero-order chi connectivity index (χ0) is 26.6. The number of anilines is 1. The van der Waals surface area contributed by atoms with E-state index in [-0.39, 0.29) is 18.2 Å². The van der Waals surface area contributed by atoms with Crippen LogP contribution in [0.25, 0.3) is 21.8 Å². The van der Waals surface area contributed by atoms with Crippen LogP contribution >= 0.6 is 11.8 Å². The topological polar surface area (TPSA) is 85.2 Å². The number of carbonyl (C=O) groups excluding carboxylic acids is 2. The summed E-state index contributed by atoms with van der Waals surface area (Å²) in [7, 11) is 3.15. The van der Waals surface area contributed by atoms with Gasteiger partial charge in [0.25, 0.3) is 0 Å². The maximum Gasteiger partial charge on any atom is 0.242 e. The summed E-state index contributed by atoms with van der Waals surface area (Å²) in [5.41, 5.74) is 3.66. The molecule has 4 aromatic rings. The van der Waals surface area contributed by atoms with Crippen molar-refractivity contribution in [3.8, 4) is 5.75 Å². The van der Waals surface area contributed by atoms with E-state index in [2.05, 4.69) is 41.1 Å². The minimum absolute atomic E-state index is 0.0209. The van der Waals surface area contributed by atoms with Gasteiger partial charge in [-0.3, -0.25) is 14.5 Å². The molecule has 8 nitrogen and oxygen atoms in total. The van der Waals surface area contributed by atoms with E-state index in [1.54, 1.807) is 31.3 Å². The Morgan fingerprint density at radius 3 is 2.58 bits per heavy atom. The highest BCUT2D eigenvalue weighted by Crippen LogP contribution is 2.35.